The second-order valence-electron chi connectivity index (χ2n) is 6.97. The van der Waals surface area contributed by atoms with Crippen molar-refractivity contribution in [3.05, 3.63) is 64.9 Å². The summed E-state index contributed by atoms with van der Waals surface area (Å²) in [5.41, 5.74) is 1.09. The van der Waals surface area contributed by atoms with E-state index in [4.69, 9.17) is 11.6 Å². The summed E-state index contributed by atoms with van der Waals surface area (Å²) in [5, 5.41) is 2.82. The van der Waals surface area contributed by atoms with E-state index in [1.54, 1.807) is 19.1 Å². The van der Waals surface area contributed by atoms with Crippen molar-refractivity contribution >= 4 is 33.2 Å². The molecule has 0 saturated carbocycles. The predicted octanol–water partition coefficient (Wildman–Crippen LogP) is 2.95. The summed E-state index contributed by atoms with van der Waals surface area (Å²) in [6.07, 6.45) is 0. The molecule has 29 heavy (non-hydrogen) atoms. The van der Waals surface area contributed by atoms with Crippen molar-refractivity contribution in [1.29, 1.82) is 0 Å². The number of benzene rings is 2. The van der Waals surface area contributed by atoms with Gasteiger partial charge in [-0.25, -0.2) is 12.8 Å². The minimum Gasteiger partial charge on any atom is -0.323 e. The van der Waals surface area contributed by atoms with Crippen LogP contribution in [0.2, 0.25) is 5.02 Å². The van der Waals surface area contributed by atoms with E-state index in [9.17, 15) is 17.6 Å². The molecule has 9 heteroatoms. The van der Waals surface area contributed by atoms with Crippen molar-refractivity contribution in [1.82, 2.24) is 9.21 Å². The average molecular weight is 440 g/mol. The summed E-state index contributed by atoms with van der Waals surface area (Å²) in [6, 6.07) is 12.4. The lowest BCUT2D eigenvalue weighted by molar-refractivity contribution is -0.121. The molecule has 1 fully saturated rings. The quantitative estimate of drug-likeness (QED) is 0.751. The van der Waals surface area contributed by atoms with Crippen LogP contribution < -0.4 is 5.32 Å². The SMILES string of the molecule is C[C@H](C(=O)Nc1ccc(F)cc1Cl)N1CCN(S(=O)(=O)Cc2ccccc2)CC1. The molecule has 1 aliphatic rings. The Hall–Kier alpha value is -2.00. The monoisotopic (exact) mass is 439 g/mol. The van der Waals surface area contributed by atoms with Crippen molar-refractivity contribution in [3.63, 3.8) is 0 Å². The minimum absolute atomic E-state index is 0.0348. The van der Waals surface area contributed by atoms with Crippen LogP contribution in [0.3, 0.4) is 0 Å². The lowest BCUT2D eigenvalue weighted by Crippen LogP contribution is -2.54. The molecule has 2 aromatic carbocycles. The van der Waals surface area contributed by atoms with E-state index in [0.717, 1.165) is 11.6 Å². The van der Waals surface area contributed by atoms with E-state index >= 15 is 0 Å². The highest BCUT2D eigenvalue weighted by Gasteiger charge is 2.31. The van der Waals surface area contributed by atoms with Crippen LogP contribution in [-0.4, -0.2) is 55.8 Å². The van der Waals surface area contributed by atoms with Gasteiger partial charge in [-0.3, -0.25) is 9.69 Å². The van der Waals surface area contributed by atoms with Crippen molar-refractivity contribution in [3.8, 4) is 0 Å². The molecule has 1 saturated heterocycles. The number of rotatable bonds is 6. The third kappa shape index (κ3) is 5.54. The van der Waals surface area contributed by atoms with Gasteiger partial charge in [-0.1, -0.05) is 41.9 Å². The predicted molar refractivity (Wildman–Crippen MR) is 112 cm³/mol. The van der Waals surface area contributed by atoms with Crippen LogP contribution in [0.4, 0.5) is 10.1 Å². The van der Waals surface area contributed by atoms with Gasteiger partial charge in [0, 0.05) is 26.2 Å². The molecule has 1 atom stereocenters. The fraction of sp³-hybridized carbons (Fsp3) is 0.350. The van der Waals surface area contributed by atoms with E-state index in [0.29, 0.717) is 31.9 Å². The first-order chi connectivity index (χ1) is 13.8. The second kappa shape index (κ2) is 9.21. The van der Waals surface area contributed by atoms with Crippen LogP contribution >= 0.6 is 11.6 Å². The van der Waals surface area contributed by atoms with Gasteiger partial charge in [0.05, 0.1) is 22.5 Å². The second-order valence-corrected chi connectivity index (χ2v) is 9.34. The molecule has 1 aliphatic heterocycles. The molecule has 0 radical (unpaired) electrons. The Morgan fingerprint density at radius 1 is 1.14 bits per heavy atom. The number of sulfonamides is 1. The maximum atomic E-state index is 13.1. The zero-order valence-corrected chi connectivity index (χ0v) is 17.6. The highest BCUT2D eigenvalue weighted by atomic mass is 35.5. The fourth-order valence-corrected chi connectivity index (χ4v) is 4.97. The number of nitrogens with zero attached hydrogens (tertiary/aromatic N) is 2. The van der Waals surface area contributed by atoms with Crippen LogP contribution in [0.25, 0.3) is 0 Å². The third-order valence-electron chi connectivity index (χ3n) is 4.97. The summed E-state index contributed by atoms with van der Waals surface area (Å²) in [5.74, 6) is -0.791. The molecule has 0 aliphatic carbocycles. The lowest BCUT2D eigenvalue weighted by atomic mass is 10.2. The zero-order valence-electron chi connectivity index (χ0n) is 16.0. The average Bonchev–Trinajstić information content (AvgIpc) is 2.70. The largest absolute Gasteiger partial charge is 0.323 e. The summed E-state index contributed by atoms with van der Waals surface area (Å²) >= 11 is 5.96. The van der Waals surface area contributed by atoms with Gasteiger partial charge in [-0.15, -0.1) is 0 Å². The molecule has 156 valence electrons. The molecular formula is C20H23ClFN3O3S. The fourth-order valence-electron chi connectivity index (χ4n) is 3.24. The topological polar surface area (TPSA) is 69.7 Å². The Morgan fingerprint density at radius 2 is 1.79 bits per heavy atom. The smallest absolute Gasteiger partial charge is 0.241 e. The normalized spacial score (nSPS) is 17.1. The van der Waals surface area contributed by atoms with Crippen molar-refractivity contribution in [2.45, 2.75) is 18.7 Å². The molecule has 2 aromatic rings. The highest BCUT2D eigenvalue weighted by Crippen LogP contribution is 2.23. The molecular weight excluding hydrogens is 417 g/mol. The molecule has 0 aromatic heterocycles. The van der Waals surface area contributed by atoms with Crippen molar-refractivity contribution < 1.29 is 17.6 Å². The van der Waals surface area contributed by atoms with Gasteiger partial charge in [-0.05, 0) is 30.7 Å². The molecule has 6 nitrogen and oxygen atoms in total. The number of hydrogen-bond donors (Lipinski definition) is 1. The number of nitrogens with one attached hydrogen (secondary N) is 1. The molecule has 3 rings (SSSR count). The minimum atomic E-state index is -3.41. The van der Waals surface area contributed by atoms with E-state index in [1.807, 2.05) is 23.1 Å². The summed E-state index contributed by atoms with van der Waals surface area (Å²) in [7, 11) is -3.41. The summed E-state index contributed by atoms with van der Waals surface area (Å²) in [6.45, 7) is 3.29. The highest BCUT2D eigenvalue weighted by molar-refractivity contribution is 7.88. The molecule has 0 bridgehead atoms. The molecule has 1 amide bonds. The number of halogens is 2. The zero-order chi connectivity index (χ0) is 21.0. The standard InChI is InChI=1S/C20H23ClFN3O3S/c1-15(20(26)23-19-8-7-17(22)13-18(19)21)24-9-11-25(12-10-24)29(27,28)14-16-5-3-2-4-6-16/h2-8,13,15H,9-12,14H2,1H3,(H,23,26)/t15-/m1/s1. The Bertz CT molecular complexity index is 964. The molecule has 1 heterocycles. The van der Waals surface area contributed by atoms with Gasteiger partial charge >= 0.3 is 0 Å². The lowest BCUT2D eigenvalue weighted by Gasteiger charge is -2.36. The third-order valence-corrected chi connectivity index (χ3v) is 7.14. The first kappa shape index (κ1) is 21.7. The first-order valence-corrected chi connectivity index (χ1v) is 11.3. The van der Waals surface area contributed by atoms with E-state index in [1.165, 1.54) is 16.4 Å². The van der Waals surface area contributed by atoms with Crippen LogP contribution in [0, 0.1) is 5.82 Å². The van der Waals surface area contributed by atoms with E-state index in [2.05, 4.69) is 5.32 Å². The van der Waals surface area contributed by atoms with Gasteiger partial charge in [0.25, 0.3) is 0 Å². The van der Waals surface area contributed by atoms with Crippen LogP contribution in [0.1, 0.15) is 12.5 Å². The Morgan fingerprint density at radius 3 is 2.41 bits per heavy atom. The Balaban J connectivity index is 1.56. The van der Waals surface area contributed by atoms with E-state index in [-0.39, 0.29) is 16.7 Å². The molecule has 1 N–H and O–H groups in total. The van der Waals surface area contributed by atoms with Crippen LogP contribution in [-0.2, 0) is 20.6 Å². The Labute approximate surface area is 175 Å². The van der Waals surface area contributed by atoms with Gasteiger partial charge in [0.15, 0.2) is 0 Å². The van der Waals surface area contributed by atoms with Crippen molar-refractivity contribution in [2.24, 2.45) is 0 Å². The van der Waals surface area contributed by atoms with Crippen LogP contribution in [0.5, 0.6) is 0 Å². The number of hydrogen-bond acceptors (Lipinski definition) is 4. The summed E-state index contributed by atoms with van der Waals surface area (Å²) < 4.78 is 39.9. The molecule has 0 spiro atoms. The van der Waals surface area contributed by atoms with Crippen molar-refractivity contribution in [2.75, 3.05) is 31.5 Å². The number of carbonyl (C=O) groups is 1. The maximum absolute atomic E-state index is 13.1. The van der Waals surface area contributed by atoms with Gasteiger partial charge in [-0.2, -0.15) is 4.31 Å². The van der Waals surface area contributed by atoms with Gasteiger partial charge in [0.2, 0.25) is 15.9 Å². The van der Waals surface area contributed by atoms with Gasteiger partial charge < -0.3 is 5.32 Å². The Kier molecular flexibility index (Phi) is 6.89. The van der Waals surface area contributed by atoms with Gasteiger partial charge in [0.1, 0.15) is 5.82 Å². The number of amides is 1. The number of piperazine rings is 1. The number of carbonyl (C=O) groups excluding carboxylic acids is 1. The van der Waals surface area contributed by atoms with Crippen LogP contribution in [0.15, 0.2) is 48.5 Å². The summed E-state index contributed by atoms with van der Waals surface area (Å²) in [4.78, 5) is 14.4. The maximum Gasteiger partial charge on any atom is 0.241 e. The first-order valence-electron chi connectivity index (χ1n) is 9.28. The van der Waals surface area contributed by atoms with E-state index < -0.39 is 21.9 Å². The molecule has 0 unspecified atom stereocenters. The number of anilines is 1.